The Balaban J connectivity index is 2.90. The van der Waals surface area contributed by atoms with Gasteiger partial charge in [-0.1, -0.05) is 13.0 Å². The summed E-state index contributed by atoms with van der Waals surface area (Å²) in [5.74, 6) is -0.185. The lowest BCUT2D eigenvalue weighted by molar-refractivity contribution is 0.181. The molecule has 2 unspecified atom stereocenters. The number of likely N-dealkylation sites (N-methyl/N-ethyl adjacent to an activating group) is 1. The molecule has 114 valence electrons. The first-order chi connectivity index (χ1) is 9.53. The molecule has 0 amide bonds. The Morgan fingerprint density at radius 2 is 2.05 bits per heavy atom. The van der Waals surface area contributed by atoms with Crippen molar-refractivity contribution in [2.24, 2.45) is 5.73 Å². The van der Waals surface area contributed by atoms with Crippen molar-refractivity contribution in [3.63, 3.8) is 0 Å². The minimum atomic E-state index is -0.185. The van der Waals surface area contributed by atoms with Crippen LogP contribution in [0.1, 0.15) is 32.8 Å². The van der Waals surface area contributed by atoms with E-state index in [4.69, 9.17) is 10.5 Å². The summed E-state index contributed by atoms with van der Waals surface area (Å²) in [7, 11) is 1.66. The third kappa shape index (κ3) is 4.46. The summed E-state index contributed by atoms with van der Waals surface area (Å²) >= 11 is 0. The van der Waals surface area contributed by atoms with Crippen molar-refractivity contribution < 1.29 is 9.13 Å². The molecule has 3 nitrogen and oxygen atoms in total. The Hall–Kier alpha value is -1.13. The molecule has 20 heavy (non-hydrogen) atoms. The van der Waals surface area contributed by atoms with Gasteiger partial charge in [-0.2, -0.15) is 0 Å². The van der Waals surface area contributed by atoms with Crippen LogP contribution in [0.15, 0.2) is 18.2 Å². The monoisotopic (exact) mass is 282 g/mol. The van der Waals surface area contributed by atoms with E-state index in [1.807, 2.05) is 37.8 Å². The SMILES string of the molecule is CCC(N)Cc1ccc(N(CC)C(C)COC)c(F)c1. The number of methoxy groups -OCH3 is 1. The van der Waals surface area contributed by atoms with Crippen molar-refractivity contribution in [3.05, 3.63) is 29.6 Å². The zero-order valence-electron chi connectivity index (χ0n) is 13.0. The van der Waals surface area contributed by atoms with Crippen molar-refractivity contribution in [2.75, 3.05) is 25.2 Å². The molecule has 1 aromatic rings. The number of nitrogens with two attached hydrogens (primary N) is 1. The molecule has 2 N–H and O–H groups in total. The zero-order valence-corrected chi connectivity index (χ0v) is 13.0. The predicted octanol–water partition coefficient (Wildman–Crippen LogP) is 2.97. The predicted molar refractivity (Wildman–Crippen MR) is 82.7 cm³/mol. The number of ether oxygens (including phenoxy) is 1. The smallest absolute Gasteiger partial charge is 0.146 e. The molecular weight excluding hydrogens is 255 g/mol. The van der Waals surface area contributed by atoms with Crippen LogP contribution in [0.4, 0.5) is 10.1 Å². The maximum Gasteiger partial charge on any atom is 0.146 e. The van der Waals surface area contributed by atoms with E-state index in [2.05, 4.69) is 0 Å². The minimum Gasteiger partial charge on any atom is -0.383 e. The Labute approximate surface area is 121 Å². The number of rotatable bonds is 8. The second kappa shape index (κ2) is 8.22. The van der Waals surface area contributed by atoms with Gasteiger partial charge in [0.05, 0.1) is 12.3 Å². The lowest BCUT2D eigenvalue weighted by Gasteiger charge is -2.30. The third-order valence-corrected chi connectivity index (χ3v) is 3.62. The number of benzene rings is 1. The van der Waals surface area contributed by atoms with Gasteiger partial charge in [0.25, 0.3) is 0 Å². The van der Waals surface area contributed by atoms with E-state index in [1.165, 1.54) is 0 Å². The second-order valence-corrected chi connectivity index (χ2v) is 5.25. The van der Waals surface area contributed by atoms with Crippen molar-refractivity contribution >= 4 is 5.69 Å². The largest absolute Gasteiger partial charge is 0.383 e. The van der Waals surface area contributed by atoms with Crippen LogP contribution in [0.2, 0.25) is 0 Å². The summed E-state index contributed by atoms with van der Waals surface area (Å²) in [6.07, 6.45) is 1.61. The summed E-state index contributed by atoms with van der Waals surface area (Å²) < 4.78 is 19.5. The van der Waals surface area contributed by atoms with Crippen LogP contribution in [0.3, 0.4) is 0 Å². The highest BCUT2D eigenvalue weighted by molar-refractivity contribution is 5.50. The highest BCUT2D eigenvalue weighted by Gasteiger charge is 2.17. The van der Waals surface area contributed by atoms with Gasteiger partial charge in [-0.3, -0.25) is 0 Å². The van der Waals surface area contributed by atoms with E-state index in [9.17, 15) is 4.39 Å². The summed E-state index contributed by atoms with van der Waals surface area (Å²) in [4.78, 5) is 2.02. The van der Waals surface area contributed by atoms with E-state index in [1.54, 1.807) is 13.2 Å². The number of hydrogen-bond acceptors (Lipinski definition) is 3. The summed E-state index contributed by atoms with van der Waals surface area (Å²) in [6.45, 7) is 7.42. The normalized spacial score (nSPS) is 14.1. The van der Waals surface area contributed by atoms with E-state index >= 15 is 0 Å². The Morgan fingerprint density at radius 3 is 2.55 bits per heavy atom. The minimum absolute atomic E-state index is 0.0925. The van der Waals surface area contributed by atoms with E-state index < -0.39 is 0 Å². The van der Waals surface area contributed by atoms with Crippen molar-refractivity contribution in [2.45, 2.75) is 45.7 Å². The van der Waals surface area contributed by atoms with Crippen LogP contribution in [-0.4, -0.2) is 32.3 Å². The van der Waals surface area contributed by atoms with Crippen LogP contribution in [0.25, 0.3) is 0 Å². The van der Waals surface area contributed by atoms with Gasteiger partial charge in [0.15, 0.2) is 0 Å². The Morgan fingerprint density at radius 1 is 1.35 bits per heavy atom. The average molecular weight is 282 g/mol. The summed E-state index contributed by atoms with van der Waals surface area (Å²) in [6, 6.07) is 5.66. The standard InChI is InChI=1S/C16H27FN2O/c1-5-14(18)9-13-7-8-16(15(17)10-13)19(6-2)12(3)11-20-4/h7-8,10,12,14H,5-6,9,11,18H2,1-4H3. The molecule has 0 aliphatic heterocycles. The summed E-state index contributed by atoms with van der Waals surface area (Å²) in [5.41, 5.74) is 7.50. The molecule has 1 rings (SSSR count). The molecule has 0 aliphatic rings. The van der Waals surface area contributed by atoms with Crippen LogP contribution >= 0.6 is 0 Å². The molecule has 0 saturated carbocycles. The van der Waals surface area contributed by atoms with E-state index in [-0.39, 0.29) is 17.9 Å². The molecule has 0 radical (unpaired) electrons. The molecule has 0 bridgehead atoms. The quantitative estimate of drug-likeness (QED) is 0.796. The lowest BCUT2D eigenvalue weighted by atomic mass is 10.0. The molecular formula is C16H27FN2O. The topological polar surface area (TPSA) is 38.5 Å². The second-order valence-electron chi connectivity index (χ2n) is 5.25. The van der Waals surface area contributed by atoms with Gasteiger partial charge in [-0.15, -0.1) is 0 Å². The molecule has 0 spiro atoms. The maximum atomic E-state index is 14.3. The van der Waals surface area contributed by atoms with Crippen LogP contribution in [-0.2, 0) is 11.2 Å². The molecule has 1 aromatic carbocycles. The van der Waals surface area contributed by atoms with Crippen LogP contribution in [0.5, 0.6) is 0 Å². The van der Waals surface area contributed by atoms with Crippen LogP contribution < -0.4 is 10.6 Å². The van der Waals surface area contributed by atoms with E-state index in [0.29, 0.717) is 18.7 Å². The van der Waals surface area contributed by atoms with E-state index in [0.717, 1.165) is 18.5 Å². The fraction of sp³-hybridized carbons (Fsp3) is 0.625. The molecule has 0 aromatic heterocycles. The van der Waals surface area contributed by atoms with Gasteiger partial charge in [0.2, 0.25) is 0 Å². The van der Waals surface area contributed by atoms with Crippen molar-refractivity contribution in [1.82, 2.24) is 0 Å². The average Bonchev–Trinajstić information content (AvgIpc) is 2.42. The Kier molecular flexibility index (Phi) is 6.96. The zero-order chi connectivity index (χ0) is 15.1. The molecule has 0 heterocycles. The highest BCUT2D eigenvalue weighted by Crippen LogP contribution is 2.23. The first-order valence-electron chi connectivity index (χ1n) is 7.33. The van der Waals surface area contributed by atoms with Gasteiger partial charge < -0.3 is 15.4 Å². The maximum absolute atomic E-state index is 14.3. The van der Waals surface area contributed by atoms with Gasteiger partial charge in [0, 0.05) is 25.7 Å². The van der Waals surface area contributed by atoms with Crippen LogP contribution in [0, 0.1) is 5.82 Å². The fourth-order valence-electron chi connectivity index (χ4n) is 2.41. The lowest BCUT2D eigenvalue weighted by Crippen LogP contribution is -2.36. The Bertz CT molecular complexity index is 411. The molecule has 0 saturated heterocycles. The molecule has 2 atom stereocenters. The number of halogens is 1. The fourth-order valence-corrected chi connectivity index (χ4v) is 2.41. The molecule has 0 fully saturated rings. The van der Waals surface area contributed by atoms with Crippen molar-refractivity contribution in [1.29, 1.82) is 0 Å². The summed E-state index contributed by atoms with van der Waals surface area (Å²) in [5, 5.41) is 0. The molecule has 0 aliphatic carbocycles. The van der Waals surface area contributed by atoms with Crippen molar-refractivity contribution in [3.8, 4) is 0 Å². The van der Waals surface area contributed by atoms with Gasteiger partial charge in [-0.05, 0) is 44.4 Å². The number of hydrogen-bond donors (Lipinski definition) is 1. The van der Waals surface area contributed by atoms with Gasteiger partial charge in [-0.25, -0.2) is 4.39 Å². The highest BCUT2D eigenvalue weighted by atomic mass is 19.1. The molecule has 4 heteroatoms. The number of anilines is 1. The first kappa shape index (κ1) is 16.9. The first-order valence-corrected chi connectivity index (χ1v) is 7.33. The number of nitrogens with zero attached hydrogens (tertiary/aromatic N) is 1. The van der Waals surface area contributed by atoms with Gasteiger partial charge in [0.1, 0.15) is 5.82 Å². The third-order valence-electron chi connectivity index (χ3n) is 3.62. The van der Waals surface area contributed by atoms with Gasteiger partial charge >= 0.3 is 0 Å².